The van der Waals surface area contributed by atoms with Crippen molar-refractivity contribution in [2.24, 2.45) is 23.7 Å². The van der Waals surface area contributed by atoms with E-state index in [1.807, 2.05) is 25.9 Å². The number of hydrogen-bond donors (Lipinski definition) is 5. The molecule has 3 saturated heterocycles. The van der Waals surface area contributed by atoms with E-state index in [-0.39, 0.29) is 68.4 Å². The van der Waals surface area contributed by atoms with Crippen molar-refractivity contribution in [3.63, 3.8) is 0 Å². The van der Waals surface area contributed by atoms with Crippen LogP contribution in [0.15, 0.2) is 24.3 Å². The lowest BCUT2D eigenvalue weighted by molar-refractivity contribution is -0.319. The Bertz CT molecular complexity index is 1820. The number of esters is 1. The number of alkyl carbamates (subject to hydrolysis) is 1. The summed E-state index contributed by atoms with van der Waals surface area (Å²) >= 11 is 0. The van der Waals surface area contributed by atoms with Crippen LogP contribution in [0.25, 0.3) is 0 Å². The van der Waals surface area contributed by atoms with E-state index >= 15 is 0 Å². The molecule has 5 N–H and O–H groups in total. The number of cyclic esters (lactones) is 1. The molecule has 3 fully saturated rings. The van der Waals surface area contributed by atoms with Crippen molar-refractivity contribution in [2.45, 2.75) is 192 Å². The standard InChI is InChI=1S/C49H80FN3O15/c1-15-35-49(10,60)41(57)28(4)38(55)26(2)23-47(8,61-13)42(67-45-39(56)34(53(11)12)22-27(3)63-45)29(5)40(30(6)44(58)65-35)66-37-24-48(9,62-14)43(31(7)64-37)68-46(59)51-21-20-36(54)52-25-32-16-18-33(50)19-17-32/h16-19,26-31,34-35,37,39-43,45,56-57,60H,15,20-25H2,1-14H3,(H,51,59)(H,52,54)/t26-,27-,28+,29+,30-,31+,34+,35-,37+,39-,40+,41-,42-,43+,45+,47+,48-,49-/m1/s1. The monoisotopic (exact) mass is 970 g/mol. The highest BCUT2D eigenvalue weighted by molar-refractivity contribution is 5.83. The fourth-order valence-corrected chi connectivity index (χ4v) is 10.1. The van der Waals surface area contributed by atoms with Gasteiger partial charge in [-0.1, -0.05) is 39.8 Å². The second kappa shape index (κ2) is 24.2. The van der Waals surface area contributed by atoms with Crippen LogP contribution < -0.4 is 10.6 Å². The van der Waals surface area contributed by atoms with Gasteiger partial charge in [0.05, 0.1) is 42.0 Å². The molecule has 18 atom stereocenters. The number of amides is 2. The molecule has 3 heterocycles. The van der Waals surface area contributed by atoms with E-state index in [4.69, 9.17) is 37.9 Å². The minimum absolute atomic E-state index is 0.00989. The summed E-state index contributed by atoms with van der Waals surface area (Å²) in [6, 6.07) is 5.39. The van der Waals surface area contributed by atoms with Crippen molar-refractivity contribution in [2.75, 3.05) is 34.9 Å². The number of ether oxygens (including phenoxy) is 8. The molecule has 3 aliphatic rings. The van der Waals surface area contributed by atoms with Gasteiger partial charge in [-0.25, -0.2) is 9.18 Å². The molecule has 68 heavy (non-hydrogen) atoms. The van der Waals surface area contributed by atoms with Gasteiger partial charge in [-0.05, 0) is 92.6 Å². The lowest BCUT2D eigenvalue weighted by Gasteiger charge is -2.50. The van der Waals surface area contributed by atoms with E-state index in [0.29, 0.717) is 12.0 Å². The number of hydrogen-bond acceptors (Lipinski definition) is 16. The van der Waals surface area contributed by atoms with E-state index in [1.165, 1.54) is 40.2 Å². The van der Waals surface area contributed by atoms with Crippen molar-refractivity contribution in [1.82, 2.24) is 15.5 Å². The molecule has 3 aliphatic heterocycles. The topological polar surface area (TPSA) is 230 Å². The number of methoxy groups -OCH3 is 2. The Morgan fingerprint density at radius 1 is 0.882 bits per heavy atom. The van der Waals surface area contributed by atoms with E-state index in [1.54, 1.807) is 60.6 Å². The van der Waals surface area contributed by atoms with Gasteiger partial charge in [-0.3, -0.25) is 14.4 Å². The lowest BCUT2D eigenvalue weighted by atomic mass is 9.74. The number of halogens is 1. The highest BCUT2D eigenvalue weighted by atomic mass is 19.1. The first-order valence-electron chi connectivity index (χ1n) is 23.9. The molecule has 0 unspecified atom stereocenters. The van der Waals surface area contributed by atoms with E-state index in [2.05, 4.69) is 10.6 Å². The Balaban J connectivity index is 1.66. The number of ketones is 1. The summed E-state index contributed by atoms with van der Waals surface area (Å²) in [5.41, 5.74) is -3.87. The summed E-state index contributed by atoms with van der Waals surface area (Å²) in [4.78, 5) is 56.2. The maximum absolute atomic E-state index is 14.5. The van der Waals surface area contributed by atoms with E-state index in [0.717, 1.165) is 0 Å². The van der Waals surface area contributed by atoms with Gasteiger partial charge in [0.15, 0.2) is 18.7 Å². The van der Waals surface area contributed by atoms with Crippen LogP contribution in [0.4, 0.5) is 9.18 Å². The van der Waals surface area contributed by atoms with Crippen LogP contribution in [0.3, 0.4) is 0 Å². The Hall–Kier alpha value is -3.37. The van der Waals surface area contributed by atoms with Gasteiger partial charge in [0.2, 0.25) is 5.91 Å². The predicted octanol–water partition coefficient (Wildman–Crippen LogP) is 4.02. The summed E-state index contributed by atoms with van der Waals surface area (Å²) in [6.45, 7) is 16.9. The third-order valence-corrected chi connectivity index (χ3v) is 14.5. The zero-order valence-corrected chi connectivity index (χ0v) is 42.5. The van der Waals surface area contributed by atoms with Gasteiger partial charge in [0.25, 0.3) is 0 Å². The number of nitrogens with one attached hydrogen (secondary N) is 2. The minimum Gasteiger partial charge on any atom is -0.459 e. The number of carbonyl (C=O) groups is 4. The highest BCUT2D eigenvalue weighted by Gasteiger charge is 2.55. The quantitative estimate of drug-likeness (QED) is 0.166. The number of nitrogens with zero attached hydrogens (tertiary/aromatic N) is 1. The summed E-state index contributed by atoms with van der Waals surface area (Å²) in [7, 11) is 6.65. The zero-order chi connectivity index (χ0) is 51.1. The van der Waals surface area contributed by atoms with Gasteiger partial charge in [0, 0.05) is 63.9 Å². The fourth-order valence-electron chi connectivity index (χ4n) is 10.1. The second-order valence-electron chi connectivity index (χ2n) is 20.1. The summed E-state index contributed by atoms with van der Waals surface area (Å²) < 4.78 is 63.9. The molecule has 4 rings (SSSR count). The molecule has 19 heteroatoms. The van der Waals surface area contributed by atoms with Crippen molar-refractivity contribution in [3.8, 4) is 0 Å². The van der Waals surface area contributed by atoms with Gasteiger partial charge in [0.1, 0.15) is 35.0 Å². The number of aliphatic hydroxyl groups is 3. The van der Waals surface area contributed by atoms with Gasteiger partial charge < -0.3 is 68.7 Å². The molecule has 0 spiro atoms. The third kappa shape index (κ3) is 13.7. The SMILES string of the molecule is CC[C@H]1OC(=O)[C@H](C)[C@@H](O[C@H]2C[C@@](C)(OC)[C@@H](OC(=O)NCCC(=O)NCc3ccc(F)cc3)[C@H](C)O2)[C@H](C)[C@@H](O[C@@H]2O[C@H](C)C[C@H](N(C)C)[C@H]2O)[C@@](C)(OC)C[C@@H](C)C(=O)[C@H](C)[C@@H](O)[C@]1(C)O. The Labute approximate surface area is 401 Å². The molecule has 0 aliphatic carbocycles. The summed E-state index contributed by atoms with van der Waals surface area (Å²) in [6.07, 6.45) is -10.8. The Morgan fingerprint density at radius 2 is 1.50 bits per heavy atom. The lowest BCUT2D eigenvalue weighted by Crippen LogP contribution is -2.62. The summed E-state index contributed by atoms with van der Waals surface area (Å²) in [5.74, 6) is -5.61. The number of aliphatic hydroxyl groups excluding tert-OH is 2. The molecule has 0 radical (unpaired) electrons. The molecular formula is C49H80FN3O15. The number of carbonyl (C=O) groups excluding carboxylic acids is 4. The molecule has 2 amide bonds. The first kappa shape index (κ1) is 57.2. The zero-order valence-electron chi connectivity index (χ0n) is 42.5. The average Bonchev–Trinajstić information content (AvgIpc) is 3.29. The molecular weight excluding hydrogens is 890 g/mol. The number of Topliss-reactive ketones (excluding diaryl/α,β-unsaturated/α-hetero) is 1. The average molecular weight is 970 g/mol. The van der Waals surface area contributed by atoms with Crippen molar-refractivity contribution >= 4 is 23.8 Å². The molecule has 18 nitrogen and oxygen atoms in total. The maximum Gasteiger partial charge on any atom is 0.407 e. The van der Waals surface area contributed by atoms with Crippen LogP contribution >= 0.6 is 0 Å². The first-order chi connectivity index (χ1) is 31.7. The van der Waals surface area contributed by atoms with Crippen LogP contribution in [-0.4, -0.2) is 163 Å². The molecule has 1 aromatic rings. The van der Waals surface area contributed by atoms with E-state index < -0.39 is 108 Å². The predicted molar refractivity (Wildman–Crippen MR) is 246 cm³/mol. The van der Waals surface area contributed by atoms with Crippen LogP contribution in [-0.2, 0) is 58.8 Å². The fraction of sp³-hybridized carbons (Fsp3) is 0.796. The Kier molecular flexibility index (Phi) is 20.3. The molecule has 1 aromatic carbocycles. The van der Waals surface area contributed by atoms with Crippen LogP contribution in [0, 0.1) is 29.5 Å². The second-order valence-corrected chi connectivity index (χ2v) is 20.1. The molecule has 0 saturated carbocycles. The number of rotatable bonds is 14. The van der Waals surface area contributed by atoms with Gasteiger partial charge in [-0.2, -0.15) is 0 Å². The number of benzene rings is 1. The van der Waals surface area contributed by atoms with Crippen molar-refractivity contribution < 1.29 is 76.8 Å². The molecule has 0 aromatic heterocycles. The maximum atomic E-state index is 14.5. The van der Waals surface area contributed by atoms with Gasteiger partial charge >= 0.3 is 12.1 Å². The van der Waals surface area contributed by atoms with E-state index in [9.17, 15) is 38.9 Å². The van der Waals surface area contributed by atoms with Crippen LogP contribution in [0.5, 0.6) is 0 Å². The van der Waals surface area contributed by atoms with Crippen LogP contribution in [0.1, 0.15) is 107 Å². The summed E-state index contributed by atoms with van der Waals surface area (Å²) in [5, 5.41) is 40.4. The molecule has 0 bridgehead atoms. The number of likely N-dealkylation sites (N-methyl/N-ethyl adjacent to an activating group) is 1. The first-order valence-corrected chi connectivity index (χ1v) is 23.9. The largest absolute Gasteiger partial charge is 0.459 e. The normalized spacial score (nSPS) is 40.0. The van der Waals surface area contributed by atoms with Gasteiger partial charge in [-0.15, -0.1) is 0 Å². The Morgan fingerprint density at radius 3 is 2.09 bits per heavy atom. The smallest absolute Gasteiger partial charge is 0.407 e. The van der Waals surface area contributed by atoms with Crippen LogP contribution in [0.2, 0.25) is 0 Å². The minimum atomic E-state index is -2.03. The van der Waals surface area contributed by atoms with Crippen molar-refractivity contribution in [1.29, 1.82) is 0 Å². The third-order valence-electron chi connectivity index (χ3n) is 14.5. The highest BCUT2D eigenvalue weighted by Crippen LogP contribution is 2.42. The van der Waals surface area contributed by atoms with Crippen molar-refractivity contribution in [3.05, 3.63) is 35.6 Å². The molecule has 388 valence electrons.